The van der Waals surface area contributed by atoms with Crippen LogP contribution in [-0.4, -0.2) is 36.3 Å². The molecule has 0 fully saturated rings. The molecular formula is C23H22N4O3S. The number of aryl methyl sites for hydroxylation is 1. The highest BCUT2D eigenvalue weighted by Crippen LogP contribution is 2.28. The highest BCUT2D eigenvalue weighted by atomic mass is 32.2. The van der Waals surface area contributed by atoms with Gasteiger partial charge in [0.25, 0.3) is 5.56 Å². The largest absolute Gasteiger partial charge is 0.268 e. The Bertz CT molecular complexity index is 1430. The highest BCUT2D eigenvalue weighted by Gasteiger charge is 2.18. The van der Waals surface area contributed by atoms with Gasteiger partial charge in [0.15, 0.2) is 0 Å². The molecule has 0 aliphatic carbocycles. The van der Waals surface area contributed by atoms with E-state index in [-0.39, 0.29) is 11.4 Å². The molecule has 8 heteroatoms. The second-order valence-corrected chi connectivity index (χ2v) is 9.20. The number of hydrogen-bond acceptors (Lipinski definition) is 5. The van der Waals surface area contributed by atoms with E-state index in [4.69, 9.17) is 4.98 Å². The molecule has 0 aliphatic heterocycles. The fourth-order valence-electron chi connectivity index (χ4n) is 3.53. The molecule has 0 saturated heterocycles. The van der Waals surface area contributed by atoms with Crippen molar-refractivity contribution in [3.05, 3.63) is 83.0 Å². The Morgan fingerprint density at radius 2 is 1.77 bits per heavy atom. The topological polar surface area (TPSA) is 85.2 Å². The smallest absolute Gasteiger partial charge is 0.266 e. The second kappa shape index (κ2) is 7.96. The van der Waals surface area contributed by atoms with Crippen LogP contribution in [0.2, 0.25) is 0 Å². The molecule has 0 saturated carbocycles. The average molecular weight is 435 g/mol. The molecule has 0 atom stereocenters. The van der Waals surface area contributed by atoms with Gasteiger partial charge in [-0.1, -0.05) is 37.3 Å². The number of anilines is 1. The Labute approximate surface area is 180 Å². The maximum Gasteiger partial charge on any atom is 0.266 e. The normalized spacial score (nSPS) is 11.6. The van der Waals surface area contributed by atoms with Gasteiger partial charge >= 0.3 is 0 Å². The highest BCUT2D eigenvalue weighted by molar-refractivity contribution is 7.92. The lowest BCUT2D eigenvalue weighted by molar-refractivity contribution is 0.600. The predicted octanol–water partition coefficient (Wildman–Crippen LogP) is 3.41. The number of aromatic nitrogens is 3. The van der Waals surface area contributed by atoms with Gasteiger partial charge in [0.1, 0.15) is 11.6 Å². The molecule has 31 heavy (non-hydrogen) atoms. The van der Waals surface area contributed by atoms with Crippen molar-refractivity contribution in [3.8, 4) is 16.8 Å². The minimum absolute atomic E-state index is 0.168. The monoisotopic (exact) mass is 434 g/mol. The number of pyridine rings is 1. The van der Waals surface area contributed by atoms with E-state index in [2.05, 4.69) is 4.98 Å². The summed E-state index contributed by atoms with van der Waals surface area (Å²) in [5, 5.41) is 0.475. The number of sulfonamides is 1. The average Bonchev–Trinajstić information content (AvgIpc) is 2.78. The quantitative estimate of drug-likeness (QED) is 0.481. The van der Waals surface area contributed by atoms with Crippen LogP contribution in [0.15, 0.2) is 71.7 Å². The van der Waals surface area contributed by atoms with Gasteiger partial charge < -0.3 is 0 Å². The van der Waals surface area contributed by atoms with Crippen LogP contribution < -0.4 is 9.86 Å². The molecule has 0 spiro atoms. The molecule has 0 bridgehead atoms. The van der Waals surface area contributed by atoms with Crippen LogP contribution >= 0.6 is 0 Å². The van der Waals surface area contributed by atoms with Crippen molar-refractivity contribution in [2.45, 2.75) is 13.3 Å². The zero-order valence-electron chi connectivity index (χ0n) is 17.5. The van der Waals surface area contributed by atoms with Crippen LogP contribution in [-0.2, 0) is 16.4 Å². The Balaban J connectivity index is 2.01. The van der Waals surface area contributed by atoms with Crippen molar-refractivity contribution in [2.75, 3.05) is 17.6 Å². The number of nitrogens with zero attached hydrogens (tertiary/aromatic N) is 4. The number of hydrogen-bond donors (Lipinski definition) is 0. The first-order chi connectivity index (χ1) is 14.8. The maximum absolute atomic E-state index is 13.7. The molecule has 0 unspecified atom stereocenters. The minimum Gasteiger partial charge on any atom is -0.268 e. The third-order valence-corrected chi connectivity index (χ3v) is 6.36. The summed E-state index contributed by atoms with van der Waals surface area (Å²) in [5.74, 6) is 0.951. The molecule has 0 radical (unpaired) electrons. The van der Waals surface area contributed by atoms with Gasteiger partial charge in [0.2, 0.25) is 10.0 Å². The molecule has 0 N–H and O–H groups in total. The first kappa shape index (κ1) is 20.7. The molecule has 0 aliphatic rings. The summed E-state index contributed by atoms with van der Waals surface area (Å²) < 4.78 is 26.6. The third-order valence-electron chi connectivity index (χ3n) is 5.17. The van der Waals surface area contributed by atoms with Crippen molar-refractivity contribution >= 4 is 26.7 Å². The van der Waals surface area contributed by atoms with E-state index in [1.807, 2.05) is 55.5 Å². The first-order valence-corrected chi connectivity index (χ1v) is 11.7. The van der Waals surface area contributed by atoms with Crippen molar-refractivity contribution in [3.63, 3.8) is 0 Å². The van der Waals surface area contributed by atoms with Crippen molar-refractivity contribution in [1.82, 2.24) is 14.5 Å². The zero-order chi connectivity index (χ0) is 22.2. The predicted molar refractivity (Wildman–Crippen MR) is 123 cm³/mol. The summed E-state index contributed by atoms with van der Waals surface area (Å²) in [6.07, 6.45) is 3.26. The standard InChI is InChI=1S/C23H22N4O3S/c1-4-20-25-19-12-8-11-18(16-13-14-24-21(15-16)26(2)31(3,29)30)22(19)23(28)27(20)17-9-6-5-7-10-17/h5-15H,4H2,1-3H3. The van der Waals surface area contributed by atoms with Crippen molar-refractivity contribution in [1.29, 1.82) is 0 Å². The maximum atomic E-state index is 13.7. The van der Waals surface area contributed by atoms with Gasteiger partial charge in [-0.2, -0.15) is 0 Å². The van der Waals surface area contributed by atoms with E-state index < -0.39 is 10.0 Å². The van der Waals surface area contributed by atoms with Crippen LogP contribution in [0.25, 0.3) is 27.7 Å². The lowest BCUT2D eigenvalue weighted by Crippen LogP contribution is -2.25. The van der Waals surface area contributed by atoms with E-state index in [1.165, 1.54) is 13.2 Å². The molecule has 4 rings (SSSR count). The van der Waals surface area contributed by atoms with E-state index in [0.717, 1.165) is 16.2 Å². The van der Waals surface area contributed by atoms with E-state index >= 15 is 0 Å². The molecule has 2 aromatic heterocycles. The number of fused-ring (bicyclic) bond motifs is 1. The van der Waals surface area contributed by atoms with Gasteiger partial charge in [-0.15, -0.1) is 0 Å². The Morgan fingerprint density at radius 3 is 2.45 bits per heavy atom. The van der Waals surface area contributed by atoms with Crippen LogP contribution in [0.4, 0.5) is 5.82 Å². The van der Waals surface area contributed by atoms with Crippen LogP contribution in [0.5, 0.6) is 0 Å². The second-order valence-electron chi connectivity index (χ2n) is 7.19. The van der Waals surface area contributed by atoms with Crippen molar-refractivity contribution < 1.29 is 8.42 Å². The lowest BCUT2D eigenvalue weighted by Gasteiger charge is -2.17. The summed E-state index contributed by atoms with van der Waals surface area (Å²) >= 11 is 0. The number of rotatable bonds is 5. The summed E-state index contributed by atoms with van der Waals surface area (Å²) in [4.78, 5) is 22.6. The number of para-hydroxylation sites is 1. The summed E-state index contributed by atoms with van der Waals surface area (Å²) in [5.41, 5.74) is 2.54. The van der Waals surface area contributed by atoms with Crippen molar-refractivity contribution in [2.24, 2.45) is 0 Å². The van der Waals surface area contributed by atoms with Crippen LogP contribution in [0, 0.1) is 0 Å². The lowest BCUT2D eigenvalue weighted by atomic mass is 10.0. The molecule has 2 aromatic carbocycles. The molecule has 2 heterocycles. The molecule has 4 aromatic rings. The Morgan fingerprint density at radius 1 is 1.03 bits per heavy atom. The van der Waals surface area contributed by atoms with Gasteiger partial charge in [-0.3, -0.25) is 13.7 Å². The van der Waals surface area contributed by atoms with E-state index in [1.54, 1.807) is 16.7 Å². The molecule has 0 amide bonds. The molecule has 7 nitrogen and oxygen atoms in total. The Hall–Kier alpha value is -3.52. The zero-order valence-corrected chi connectivity index (χ0v) is 18.3. The fraction of sp³-hybridized carbons (Fsp3) is 0.174. The van der Waals surface area contributed by atoms with Crippen LogP contribution in [0.3, 0.4) is 0 Å². The SMILES string of the molecule is CCc1nc2cccc(-c3ccnc(N(C)S(C)(=O)=O)c3)c2c(=O)n1-c1ccccc1. The fourth-order valence-corrected chi connectivity index (χ4v) is 3.96. The third kappa shape index (κ3) is 3.82. The number of benzene rings is 2. The molecule has 158 valence electrons. The minimum atomic E-state index is -3.46. The van der Waals surface area contributed by atoms with E-state index in [9.17, 15) is 13.2 Å². The Kier molecular flexibility index (Phi) is 5.32. The van der Waals surface area contributed by atoms with Crippen LogP contribution in [0.1, 0.15) is 12.7 Å². The van der Waals surface area contributed by atoms with Gasteiger partial charge in [-0.25, -0.2) is 18.4 Å². The van der Waals surface area contributed by atoms with Gasteiger partial charge in [0.05, 0.1) is 22.8 Å². The van der Waals surface area contributed by atoms with E-state index in [0.29, 0.717) is 34.3 Å². The first-order valence-electron chi connectivity index (χ1n) is 9.81. The molecular weight excluding hydrogens is 412 g/mol. The van der Waals surface area contributed by atoms with Gasteiger partial charge in [-0.05, 0) is 41.5 Å². The summed E-state index contributed by atoms with van der Waals surface area (Å²) in [6.45, 7) is 1.97. The summed E-state index contributed by atoms with van der Waals surface area (Å²) in [7, 11) is -2.02. The van der Waals surface area contributed by atoms with Gasteiger partial charge in [0, 0.05) is 19.7 Å². The summed E-state index contributed by atoms with van der Waals surface area (Å²) in [6, 6.07) is 18.3.